The van der Waals surface area contributed by atoms with Crippen LogP contribution in [0.25, 0.3) is 22.2 Å². The maximum absolute atomic E-state index is 12.7. The van der Waals surface area contributed by atoms with Crippen LogP contribution >= 0.6 is 0 Å². The van der Waals surface area contributed by atoms with Gasteiger partial charge in [-0.25, -0.2) is 4.79 Å². The summed E-state index contributed by atoms with van der Waals surface area (Å²) < 4.78 is 18.0. The highest BCUT2D eigenvalue weighted by Crippen LogP contribution is 2.27. The molecule has 2 N–H and O–H groups in total. The summed E-state index contributed by atoms with van der Waals surface area (Å²) in [6, 6.07) is 15.1. The molecular weight excluding hydrogens is 472 g/mol. The van der Waals surface area contributed by atoms with E-state index in [1.807, 2.05) is 49.4 Å². The normalized spacial score (nSPS) is 21.6. The maximum Gasteiger partial charge on any atom is 0.420 e. The Morgan fingerprint density at radius 1 is 1.22 bits per heavy atom. The number of aromatic nitrogens is 1. The molecule has 3 aromatic rings. The number of fused-ring (bicyclic) bond motifs is 2. The van der Waals surface area contributed by atoms with Crippen LogP contribution in [-0.4, -0.2) is 55.0 Å². The molecule has 2 aliphatic rings. The van der Waals surface area contributed by atoms with Crippen LogP contribution in [0.15, 0.2) is 51.7 Å². The molecule has 37 heavy (non-hydrogen) atoms. The van der Waals surface area contributed by atoms with Crippen molar-refractivity contribution in [3.63, 3.8) is 0 Å². The molecule has 2 saturated heterocycles. The monoisotopic (exact) mass is 504 g/mol. The van der Waals surface area contributed by atoms with Gasteiger partial charge in [-0.1, -0.05) is 37.3 Å². The number of nitrogens with zero attached hydrogens (tertiary/aromatic N) is 2. The molecule has 1 aromatic heterocycles. The van der Waals surface area contributed by atoms with E-state index >= 15 is 0 Å². The molecule has 2 fully saturated rings. The molecule has 4 unspecified atom stereocenters. The Balaban J connectivity index is 1.23. The number of rotatable bonds is 10. The standard InChI is InChI=1S/C28H32N4O5/c1-2-10-35-11-9-32-25-14-20(7-8-26(25)37-28(32)34)19-5-3-18(4-6-19)12-22(15-29)30-27(33)23-13-21-16-36-17-24(21)31-23/h3-8,14,21-24,31H,2,9-13,16-17H2,1H3,(H,30,33). The van der Waals surface area contributed by atoms with Crippen molar-refractivity contribution in [1.29, 1.82) is 5.26 Å². The average molecular weight is 505 g/mol. The van der Waals surface area contributed by atoms with Crippen molar-refractivity contribution in [2.75, 3.05) is 26.4 Å². The quantitative estimate of drug-likeness (QED) is 0.408. The van der Waals surface area contributed by atoms with Crippen LogP contribution < -0.4 is 16.4 Å². The highest BCUT2D eigenvalue weighted by molar-refractivity contribution is 5.83. The van der Waals surface area contributed by atoms with E-state index in [1.54, 1.807) is 4.57 Å². The van der Waals surface area contributed by atoms with Crippen molar-refractivity contribution >= 4 is 17.0 Å². The predicted molar refractivity (Wildman–Crippen MR) is 138 cm³/mol. The summed E-state index contributed by atoms with van der Waals surface area (Å²) in [7, 11) is 0. The third-order valence-electron chi connectivity index (χ3n) is 7.14. The molecule has 3 heterocycles. The number of nitrogens with one attached hydrogen (secondary N) is 2. The van der Waals surface area contributed by atoms with Crippen LogP contribution in [0.5, 0.6) is 0 Å². The van der Waals surface area contributed by atoms with Crippen molar-refractivity contribution < 1.29 is 18.7 Å². The summed E-state index contributed by atoms with van der Waals surface area (Å²) in [5, 5.41) is 15.9. The fourth-order valence-electron chi connectivity index (χ4n) is 5.15. The fourth-order valence-corrected chi connectivity index (χ4v) is 5.15. The van der Waals surface area contributed by atoms with Gasteiger partial charge in [-0.2, -0.15) is 5.26 Å². The maximum atomic E-state index is 12.7. The van der Waals surface area contributed by atoms with Gasteiger partial charge in [0, 0.05) is 25.0 Å². The van der Waals surface area contributed by atoms with E-state index in [9.17, 15) is 14.9 Å². The summed E-state index contributed by atoms with van der Waals surface area (Å²) in [4.78, 5) is 25.0. The first-order valence-electron chi connectivity index (χ1n) is 12.9. The number of amides is 1. The smallest absolute Gasteiger partial charge is 0.408 e. The minimum atomic E-state index is -0.608. The zero-order valence-corrected chi connectivity index (χ0v) is 20.9. The van der Waals surface area contributed by atoms with E-state index in [0.29, 0.717) is 50.9 Å². The average Bonchev–Trinajstić information content (AvgIpc) is 3.60. The summed E-state index contributed by atoms with van der Waals surface area (Å²) in [5.74, 6) is -0.150. The second-order valence-electron chi connectivity index (χ2n) is 9.76. The van der Waals surface area contributed by atoms with Gasteiger partial charge < -0.3 is 24.5 Å². The zero-order valence-electron chi connectivity index (χ0n) is 20.9. The lowest BCUT2D eigenvalue weighted by atomic mass is 10.00. The number of ether oxygens (including phenoxy) is 2. The highest BCUT2D eigenvalue weighted by Gasteiger charge is 2.40. The molecule has 9 heteroatoms. The van der Waals surface area contributed by atoms with Gasteiger partial charge in [-0.15, -0.1) is 0 Å². The molecule has 5 rings (SSSR count). The Morgan fingerprint density at radius 3 is 2.78 bits per heavy atom. The molecule has 194 valence electrons. The minimum Gasteiger partial charge on any atom is -0.408 e. The van der Waals surface area contributed by atoms with Gasteiger partial charge in [0.1, 0.15) is 6.04 Å². The molecule has 9 nitrogen and oxygen atoms in total. The Kier molecular flexibility index (Phi) is 7.70. The minimum absolute atomic E-state index is 0.128. The van der Waals surface area contributed by atoms with Crippen LogP contribution in [0.2, 0.25) is 0 Å². The fraction of sp³-hybridized carbons (Fsp3) is 0.464. The largest absolute Gasteiger partial charge is 0.420 e. The molecule has 0 bridgehead atoms. The summed E-state index contributed by atoms with van der Waals surface area (Å²) >= 11 is 0. The van der Waals surface area contributed by atoms with Crippen LogP contribution in [0.3, 0.4) is 0 Å². The van der Waals surface area contributed by atoms with Crippen molar-refractivity contribution in [3.05, 3.63) is 58.6 Å². The number of hydrogen-bond donors (Lipinski definition) is 2. The van der Waals surface area contributed by atoms with E-state index in [4.69, 9.17) is 13.9 Å². The third kappa shape index (κ3) is 5.62. The van der Waals surface area contributed by atoms with E-state index in [0.717, 1.165) is 35.0 Å². The molecule has 2 aromatic carbocycles. The molecule has 4 atom stereocenters. The van der Waals surface area contributed by atoms with E-state index in [1.165, 1.54) is 0 Å². The molecular formula is C28H32N4O5. The third-order valence-corrected chi connectivity index (χ3v) is 7.14. The number of oxazole rings is 1. The molecule has 0 aliphatic carbocycles. The van der Waals surface area contributed by atoms with Crippen LogP contribution in [0.1, 0.15) is 25.3 Å². The van der Waals surface area contributed by atoms with Crippen LogP contribution in [0.4, 0.5) is 0 Å². The van der Waals surface area contributed by atoms with Gasteiger partial charge in [-0.3, -0.25) is 9.36 Å². The number of nitriles is 1. The van der Waals surface area contributed by atoms with Crippen LogP contribution in [0, 0.1) is 17.2 Å². The Labute approximate surface area is 215 Å². The van der Waals surface area contributed by atoms with Gasteiger partial charge >= 0.3 is 5.76 Å². The SMILES string of the molecule is CCCOCCn1c(=O)oc2ccc(-c3ccc(CC(C#N)NC(=O)C4CC5COCC5N4)cc3)cc21. The Morgan fingerprint density at radius 2 is 2.03 bits per heavy atom. The molecule has 0 spiro atoms. The lowest BCUT2D eigenvalue weighted by molar-refractivity contribution is -0.123. The van der Waals surface area contributed by atoms with E-state index in [-0.39, 0.29) is 18.0 Å². The van der Waals surface area contributed by atoms with Gasteiger partial charge in [0.05, 0.1) is 44.0 Å². The van der Waals surface area contributed by atoms with Crippen molar-refractivity contribution in [2.24, 2.45) is 5.92 Å². The first-order valence-corrected chi connectivity index (χ1v) is 12.9. The van der Waals surface area contributed by atoms with Crippen LogP contribution in [-0.2, 0) is 27.2 Å². The predicted octanol–water partition coefficient (Wildman–Crippen LogP) is 2.62. The Bertz CT molecular complexity index is 1330. The summed E-state index contributed by atoms with van der Waals surface area (Å²) in [6.45, 7) is 4.91. The van der Waals surface area contributed by atoms with Gasteiger partial charge in [0.2, 0.25) is 5.91 Å². The number of carbonyl (C=O) groups is 1. The van der Waals surface area contributed by atoms with Crippen molar-refractivity contribution in [1.82, 2.24) is 15.2 Å². The highest BCUT2D eigenvalue weighted by atomic mass is 16.5. The van der Waals surface area contributed by atoms with Crippen molar-refractivity contribution in [3.8, 4) is 17.2 Å². The molecule has 1 amide bonds. The lowest BCUT2D eigenvalue weighted by Crippen LogP contribution is -2.47. The Hall–Kier alpha value is -3.45. The van der Waals surface area contributed by atoms with Gasteiger partial charge in [-0.05, 0) is 41.7 Å². The number of carbonyl (C=O) groups excluding carboxylic acids is 1. The second-order valence-corrected chi connectivity index (χ2v) is 9.76. The summed E-state index contributed by atoms with van der Waals surface area (Å²) in [5.41, 5.74) is 4.16. The van der Waals surface area contributed by atoms with Crippen molar-refractivity contribution in [2.45, 2.75) is 50.9 Å². The van der Waals surface area contributed by atoms with E-state index in [2.05, 4.69) is 16.7 Å². The zero-order chi connectivity index (χ0) is 25.8. The lowest BCUT2D eigenvalue weighted by Gasteiger charge is -2.17. The number of hydrogen-bond acceptors (Lipinski definition) is 7. The number of benzene rings is 2. The second kappa shape index (κ2) is 11.3. The van der Waals surface area contributed by atoms with E-state index < -0.39 is 11.8 Å². The van der Waals surface area contributed by atoms with Gasteiger partial charge in [0.15, 0.2) is 5.58 Å². The first-order chi connectivity index (χ1) is 18.1. The summed E-state index contributed by atoms with van der Waals surface area (Å²) in [6.07, 6.45) is 2.09. The molecule has 0 saturated carbocycles. The topological polar surface area (TPSA) is 119 Å². The van der Waals surface area contributed by atoms with Gasteiger partial charge in [0.25, 0.3) is 0 Å². The molecule has 2 aliphatic heterocycles. The first kappa shape index (κ1) is 25.2. The molecule has 0 radical (unpaired) electrons.